The van der Waals surface area contributed by atoms with Crippen LogP contribution in [0, 0.1) is 12.8 Å². The standard InChI is InChI=1S/C20H22F3IN3O2/c1-13-6-7-17(25-11-13)26-19(29)15(10-14-4-2-3-5-14)27-12-16(20(21,22)23)24-9-8-18(27)28/h6-9,11-12,14-15H,2-5,10H2,1H3,(H,25,26,29)/q-1/t15-/m0/s1. The summed E-state index contributed by atoms with van der Waals surface area (Å²) in [4.78, 5) is 30.7. The van der Waals surface area contributed by atoms with Gasteiger partial charge in [0.25, 0.3) is 0 Å². The summed E-state index contributed by atoms with van der Waals surface area (Å²) in [5.41, 5.74) is 0.917. The predicted molar refractivity (Wildman–Crippen MR) is 98.1 cm³/mol. The monoisotopic (exact) mass is 520 g/mol. The summed E-state index contributed by atoms with van der Waals surface area (Å²) in [5.74, 6) is -0.608. The number of aromatic nitrogens is 1. The van der Waals surface area contributed by atoms with E-state index in [0.29, 0.717) is 12.2 Å². The number of carbonyl (C=O) groups is 2. The van der Waals surface area contributed by atoms with E-state index in [1.54, 1.807) is 18.3 Å². The van der Waals surface area contributed by atoms with Gasteiger partial charge in [0.15, 0.2) is 0 Å². The Morgan fingerprint density at radius 3 is 2.69 bits per heavy atom. The SMILES string of the molecule is Cc1ccc(NC(=O)[C@H](CC2CCCC2)N2C=C(C(F)(F)F)[I-]C=CC2=O)nc1. The van der Waals surface area contributed by atoms with Crippen molar-refractivity contribution in [2.45, 2.75) is 51.2 Å². The van der Waals surface area contributed by atoms with Gasteiger partial charge in [-0.3, -0.25) is 0 Å². The molecule has 1 fully saturated rings. The number of halogens is 4. The number of hydrogen-bond donors (Lipinski definition) is 1. The molecule has 0 bridgehead atoms. The van der Waals surface area contributed by atoms with Crippen molar-refractivity contribution < 1.29 is 44.0 Å². The minimum atomic E-state index is -4.52. The van der Waals surface area contributed by atoms with Gasteiger partial charge in [0.1, 0.15) is 0 Å². The molecule has 2 heterocycles. The number of aryl methyl sites for hydroxylation is 1. The average molecular weight is 520 g/mol. The predicted octanol–water partition coefficient (Wildman–Crippen LogP) is 1.13. The van der Waals surface area contributed by atoms with Gasteiger partial charge in [-0.2, -0.15) is 0 Å². The van der Waals surface area contributed by atoms with Gasteiger partial charge in [-0.1, -0.05) is 0 Å². The molecule has 158 valence electrons. The van der Waals surface area contributed by atoms with Crippen LogP contribution in [0.4, 0.5) is 19.0 Å². The Kier molecular flexibility index (Phi) is 6.97. The molecule has 1 aromatic heterocycles. The number of anilines is 1. The van der Waals surface area contributed by atoms with E-state index in [4.69, 9.17) is 0 Å². The van der Waals surface area contributed by atoms with Crippen LogP contribution < -0.4 is 26.5 Å². The zero-order chi connectivity index (χ0) is 21.0. The van der Waals surface area contributed by atoms with E-state index in [0.717, 1.165) is 48.4 Å². The number of amides is 2. The molecule has 9 heteroatoms. The van der Waals surface area contributed by atoms with E-state index in [2.05, 4.69) is 10.3 Å². The van der Waals surface area contributed by atoms with Crippen molar-refractivity contribution in [3.05, 3.63) is 43.8 Å². The van der Waals surface area contributed by atoms with Crippen molar-refractivity contribution in [3.63, 3.8) is 0 Å². The summed E-state index contributed by atoms with van der Waals surface area (Å²) in [6.45, 7) is 1.86. The summed E-state index contributed by atoms with van der Waals surface area (Å²) >= 11 is -1.49. The van der Waals surface area contributed by atoms with Crippen molar-refractivity contribution in [1.29, 1.82) is 0 Å². The number of nitrogens with zero attached hydrogens (tertiary/aromatic N) is 2. The summed E-state index contributed by atoms with van der Waals surface area (Å²) in [6, 6.07) is 2.39. The van der Waals surface area contributed by atoms with Crippen LogP contribution in [0.15, 0.2) is 38.3 Å². The van der Waals surface area contributed by atoms with Crippen LogP contribution in [0.3, 0.4) is 0 Å². The van der Waals surface area contributed by atoms with E-state index in [9.17, 15) is 22.8 Å². The van der Waals surface area contributed by atoms with Gasteiger partial charge in [-0.05, 0) is 0 Å². The first-order chi connectivity index (χ1) is 13.7. The Morgan fingerprint density at radius 2 is 2.07 bits per heavy atom. The Hall–Kier alpha value is -1.91. The number of hydrogen-bond acceptors (Lipinski definition) is 3. The topological polar surface area (TPSA) is 62.3 Å². The zero-order valence-corrected chi connectivity index (χ0v) is 18.0. The van der Waals surface area contributed by atoms with Gasteiger partial charge >= 0.3 is 178 Å². The molecule has 1 aliphatic carbocycles. The fourth-order valence-corrected chi connectivity index (χ4v) is 5.18. The molecule has 1 saturated carbocycles. The fraction of sp³-hybridized carbons (Fsp3) is 0.450. The number of carbonyl (C=O) groups excluding carboxylic acids is 2. The van der Waals surface area contributed by atoms with E-state index < -0.39 is 48.8 Å². The van der Waals surface area contributed by atoms with Crippen molar-refractivity contribution in [1.82, 2.24) is 9.88 Å². The molecular formula is C20H22F3IN3O2-. The number of alkyl halides is 3. The molecule has 1 atom stereocenters. The molecule has 29 heavy (non-hydrogen) atoms. The van der Waals surface area contributed by atoms with Gasteiger partial charge < -0.3 is 0 Å². The summed E-state index contributed by atoms with van der Waals surface area (Å²) in [6.07, 6.45) is 3.28. The van der Waals surface area contributed by atoms with E-state index in [-0.39, 0.29) is 5.92 Å². The van der Waals surface area contributed by atoms with Crippen LogP contribution in [0.2, 0.25) is 0 Å². The van der Waals surface area contributed by atoms with Crippen molar-refractivity contribution in [2.75, 3.05) is 5.32 Å². The molecule has 1 N–H and O–H groups in total. The summed E-state index contributed by atoms with van der Waals surface area (Å²) in [7, 11) is 0. The first kappa shape index (κ1) is 21.8. The van der Waals surface area contributed by atoms with Crippen LogP contribution in [-0.2, 0) is 9.59 Å². The third-order valence-electron chi connectivity index (χ3n) is 5.00. The average Bonchev–Trinajstić information content (AvgIpc) is 3.09. The molecule has 1 aliphatic heterocycles. The van der Waals surface area contributed by atoms with Crippen LogP contribution in [0.1, 0.15) is 37.7 Å². The molecule has 2 aliphatic rings. The van der Waals surface area contributed by atoms with Crippen molar-refractivity contribution in [3.8, 4) is 0 Å². The number of rotatable bonds is 5. The first-order valence-electron chi connectivity index (χ1n) is 9.39. The minimum absolute atomic E-state index is 0.203. The van der Waals surface area contributed by atoms with Gasteiger partial charge in [0, 0.05) is 0 Å². The van der Waals surface area contributed by atoms with Gasteiger partial charge in [-0.25, -0.2) is 0 Å². The van der Waals surface area contributed by atoms with Gasteiger partial charge in [-0.15, -0.1) is 0 Å². The van der Waals surface area contributed by atoms with E-state index in [1.807, 2.05) is 6.92 Å². The molecular weight excluding hydrogens is 498 g/mol. The third kappa shape index (κ3) is 5.80. The maximum absolute atomic E-state index is 13.4. The second kappa shape index (κ2) is 9.27. The van der Waals surface area contributed by atoms with Gasteiger partial charge in [0.05, 0.1) is 0 Å². The maximum atomic E-state index is 13.4. The molecule has 5 nitrogen and oxygen atoms in total. The molecule has 0 unspecified atom stereocenters. The molecule has 1 aromatic rings. The number of pyridine rings is 1. The second-order valence-corrected chi connectivity index (χ2v) is 9.74. The first-order valence-corrected chi connectivity index (χ1v) is 11.7. The fourth-order valence-electron chi connectivity index (χ4n) is 3.49. The van der Waals surface area contributed by atoms with Crippen molar-refractivity contribution >= 4 is 17.6 Å². The molecule has 0 aromatic carbocycles. The number of nitrogens with one attached hydrogen (secondary N) is 1. The summed E-state index contributed by atoms with van der Waals surface area (Å²) in [5, 5.41) is 2.67. The molecule has 0 radical (unpaired) electrons. The molecule has 0 saturated heterocycles. The van der Waals surface area contributed by atoms with Gasteiger partial charge in [0.2, 0.25) is 0 Å². The quantitative estimate of drug-likeness (QED) is 0.593. The normalized spacial score (nSPS) is 19.4. The molecule has 2 amide bonds. The third-order valence-corrected chi connectivity index (χ3v) is 7.28. The Labute approximate surface area is 177 Å². The second-order valence-electron chi connectivity index (χ2n) is 7.23. The van der Waals surface area contributed by atoms with Crippen molar-refractivity contribution in [2.24, 2.45) is 5.92 Å². The Bertz CT molecular complexity index is 815. The summed E-state index contributed by atoms with van der Waals surface area (Å²) < 4.78 is 40.6. The van der Waals surface area contributed by atoms with E-state index in [1.165, 1.54) is 4.08 Å². The van der Waals surface area contributed by atoms with Crippen LogP contribution in [0.5, 0.6) is 0 Å². The Morgan fingerprint density at radius 1 is 1.34 bits per heavy atom. The molecule has 3 rings (SSSR count). The van der Waals surface area contributed by atoms with Crippen LogP contribution in [-0.4, -0.2) is 33.9 Å². The Balaban J connectivity index is 1.90. The number of allylic oxidation sites excluding steroid dienone is 1. The molecule has 0 spiro atoms. The van der Waals surface area contributed by atoms with Crippen LogP contribution in [0.25, 0.3) is 0 Å². The van der Waals surface area contributed by atoms with Crippen LogP contribution >= 0.6 is 0 Å². The van der Waals surface area contributed by atoms with E-state index >= 15 is 0 Å². The zero-order valence-electron chi connectivity index (χ0n) is 15.9.